The summed E-state index contributed by atoms with van der Waals surface area (Å²) < 4.78 is 5.78. The van der Waals surface area contributed by atoms with Crippen molar-refractivity contribution in [1.29, 1.82) is 0 Å². The second-order valence-corrected chi connectivity index (χ2v) is 6.47. The lowest BCUT2D eigenvalue weighted by atomic mass is 9.97. The quantitative estimate of drug-likeness (QED) is 0.881. The van der Waals surface area contributed by atoms with Gasteiger partial charge >= 0.3 is 0 Å². The Bertz CT molecular complexity index is 525. The van der Waals surface area contributed by atoms with Gasteiger partial charge in [-0.25, -0.2) is 0 Å². The molecule has 1 aromatic heterocycles. The first-order valence-corrected chi connectivity index (χ1v) is 7.26. The van der Waals surface area contributed by atoms with Gasteiger partial charge in [0, 0.05) is 13.1 Å². The van der Waals surface area contributed by atoms with Crippen molar-refractivity contribution >= 4 is 17.4 Å². The average Bonchev–Trinajstić information content (AvgIpc) is 2.40. The molecule has 1 aliphatic rings. The predicted molar refractivity (Wildman–Crippen MR) is 83.2 cm³/mol. The van der Waals surface area contributed by atoms with Crippen molar-refractivity contribution in [3.05, 3.63) is 12.1 Å². The lowest BCUT2D eigenvalue weighted by Gasteiger charge is -2.32. The molecule has 6 heteroatoms. The van der Waals surface area contributed by atoms with Gasteiger partial charge in [0.2, 0.25) is 11.8 Å². The lowest BCUT2D eigenvalue weighted by Crippen LogP contribution is -2.41. The summed E-state index contributed by atoms with van der Waals surface area (Å²) >= 11 is 0. The second kappa shape index (κ2) is 5.79. The van der Waals surface area contributed by atoms with Gasteiger partial charge < -0.3 is 21.1 Å². The Labute approximate surface area is 125 Å². The van der Waals surface area contributed by atoms with E-state index >= 15 is 0 Å². The fourth-order valence-corrected chi connectivity index (χ4v) is 2.41. The molecule has 2 heterocycles. The van der Waals surface area contributed by atoms with Gasteiger partial charge in [0.15, 0.2) is 0 Å². The largest absolute Gasteiger partial charge is 0.470 e. The standard InChI is InChI=1S/C15H24N4O2/c1-15(2,3)21-14-11(16)6-7-12(18-14)19-8-4-5-10(9-19)13(17)20/h6-7,10H,4-5,8-9,16H2,1-3H3,(H2,17,20). The topological polar surface area (TPSA) is 94.5 Å². The molecule has 0 spiro atoms. The number of ether oxygens (including phenoxy) is 1. The van der Waals surface area contributed by atoms with Crippen molar-refractivity contribution in [2.45, 2.75) is 39.2 Å². The van der Waals surface area contributed by atoms with E-state index in [1.54, 1.807) is 6.07 Å². The van der Waals surface area contributed by atoms with Crippen LogP contribution in [0.25, 0.3) is 0 Å². The van der Waals surface area contributed by atoms with Crippen LogP contribution in [0.2, 0.25) is 0 Å². The van der Waals surface area contributed by atoms with E-state index in [0.29, 0.717) is 18.1 Å². The van der Waals surface area contributed by atoms with E-state index in [1.165, 1.54) is 0 Å². The Kier molecular flexibility index (Phi) is 4.25. The van der Waals surface area contributed by atoms with Crippen molar-refractivity contribution in [2.75, 3.05) is 23.7 Å². The van der Waals surface area contributed by atoms with E-state index in [9.17, 15) is 4.79 Å². The first-order chi connectivity index (χ1) is 9.76. The Morgan fingerprint density at radius 1 is 1.43 bits per heavy atom. The number of nitrogen functional groups attached to an aromatic ring is 1. The van der Waals surface area contributed by atoms with Crippen molar-refractivity contribution in [2.24, 2.45) is 11.7 Å². The van der Waals surface area contributed by atoms with Crippen molar-refractivity contribution in [3.63, 3.8) is 0 Å². The van der Waals surface area contributed by atoms with E-state index in [1.807, 2.05) is 26.8 Å². The number of anilines is 2. The van der Waals surface area contributed by atoms with Gasteiger partial charge in [0.05, 0.1) is 11.6 Å². The van der Waals surface area contributed by atoms with Crippen LogP contribution in [0.1, 0.15) is 33.6 Å². The zero-order valence-corrected chi connectivity index (χ0v) is 12.9. The third-order valence-electron chi connectivity index (χ3n) is 3.43. The molecule has 6 nitrogen and oxygen atoms in total. The SMILES string of the molecule is CC(C)(C)Oc1nc(N2CCCC(C(N)=O)C2)ccc1N. The van der Waals surface area contributed by atoms with E-state index in [4.69, 9.17) is 16.2 Å². The molecule has 0 aliphatic carbocycles. The smallest absolute Gasteiger partial charge is 0.239 e. The monoisotopic (exact) mass is 292 g/mol. The van der Waals surface area contributed by atoms with E-state index in [-0.39, 0.29) is 17.4 Å². The predicted octanol–water partition coefficient (Wildman–Crippen LogP) is 1.54. The third-order valence-corrected chi connectivity index (χ3v) is 3.43. The van der Waals surface area contributed by atoms with Crippen LogP contribution < -0.4 is 21.1 Å². The van der Waals surface area contributed by atoms with Crippen LogP contribution in [0.15, 0.2) is 12.1 Å². The molecule has 2 rings (SSSR count). The lowest BCUT2D eigenvalue weighted by molar-refractivity contribution is -0.122. The molecule has 0 saturated carbocycles. The molecule has 0 aromatic carbocycles. The number of nitrogens with two attached hydrogens (primary N) is 2. The molecule has 0 bridgehead atoms. The number of primary amides is 1. The van der Waals surface area contributed by atoms with Gasteiger partial charge in [0.1, 0.15) is 11.4 Å². The van der Waals surface area contributed by atoms with Crippen LogP contribution in [0.5, 0.6) is 5.88 Å². The fourth-order valence-electron chi connectivity index (χ4n) is 2.41. The number of piperidine rings is 1. The molecule has 1 aromatic rings. The summed E-state index contributed by atoms with van der Waals surface area (Å²) in [7, 11) is 0. The molecule has 1 atom stereocenters. The third kappa shape index (κ3) is 4.00. The highest BCUT2D eigenvalue weighted by Crippen LogP contribution is 2.28. The average molecular weight is 292 g/mol. The summed E-state index contributed by atoms with van der Waals surface area (Å²) in [6.07, 6.45) is 1.77. The number of rotatable bonds is 3. The number of hydrogen-bond acceptors (Lipinski definition) is 5. The molecular formula is C15H24N4O2. The molecule has 21 heavy (non-hydrogen) atoms. The zero-order valence-electron chi connectivity index (χ0n) is 12.9. The van der Waals surface area contributed by atoms with Crippen LogP contribution in [0.4, 0.5) is 11.5 Å². The van der Waals surface area contributed by atoms with E-state index in [2.05, 4.69) is 9.88 Å². The number of amides is 1. The van der Waals surface area contributed by atoms with Crippen LogP contribution in [0, 0.1) is 5.92 Å². The molecule has 1 aliphatic heterocycles. The zero-order chi connectivity index (χ0) is 15.6. The summed E-state index contributed by atoms with van der Waals surface area (Å²) in [5.74, 6) is 0.835. The van der Waals surface area contributed by atoms with Gasteiger partial charge in [-0.15, -0.1) is 0 Å². The van der Waals surface area contributed by atoms with Gasteiger partial charge in [-0.05, 0) is 45.7 Å². The summed E-state index contributed by atoms with van der Waals surface area (Å²) in [6, 6.07) is 3.64. The number of carbonyl (C=O) groups excluding carboxylic acids is 1. The van der Waals surface area contributed by atoms with Gasteiger partial charge in [-0.3, -0.25) is 4.79 Å². The second-order valence-electron chi connectivity index (χ2n) is 6.47. The normalized spacial score (nSPS) is 19.4. The number of nitrogens with zero attached hydrogens (tertiary/aromatic N) is 2. The van der Waals surface area contributed by atoms with Crippen LogP contribution >= 0.6 is 0 Å². The molecule has 1 unspecified atom stereocenters. The maximum absolute atomic E-state index is 11.4. The summed E-state index contributed by atoms with van der Waals surface area (Å²) in [6.45, 7) is 7.30. The molecule has 0 radical (unpaired) electrons. The summed E-state index contributed by atoms with van der Waals surface area (Å²) in [4.78, 5) is 17.9. The van der Waals surface area contributed by atoms with Crippen molar-refractivity contribution < 1.29 is 9.53 Å². The van der Waals surface area contributed by atoms with Gasteiger partial charge in [-0.2, -0.15) is 4.98 Å². The van der Waals surface area contributed by atoms with Crippen LogP contribution in [-0.2, 0) is 4.79 Å². The van der Waals surface area contributed by atoms with E-state index < -0.39 is 0 Å². The van der Waals surface area contributed by atoms with E-state index in [0.717, 1.165) is 25.2 Å². The molecular weight excluding hydrogens is 268 g/mol. The highest BCUT2D eigenvalue weighted by Gasteiger charge is 2.25. The maximum atomic E-state index is 11.4. The first kappa shape index (κ1) is 15.4. The number of carbonyl (C=O) groups is 1. The minimum Gasteiger partial charge on any atom is -0.470 e. The number of pyridine rings is 1. The summed E-state index contributed by atoms with van der Waals surface area (Å²) in [5.41, 5.74) is 11.5. The molecule has 1 fully saturated rings. The van der Waals surface area contributed by atoms with Crippen LogP contribution in [0.3, 0.4) is 0 Å². The maximum Gasteiger partial charge on any atom is 0.239 e. The number of aromatic nitrogens is 1. The summed E-state index contributed by atoms with van der Waals surface area (Å²) in [5, 5.41) is 0. The minimum absolute atomic E-state index is 0.120. The Hall–Kier alpha value is -1.98. The highest BCUT2D eigenvalue weighted by molar-refractivity contribution is 5.77. The van der Waals surface area contributed by atoms with Gasteiger partial charge in [0.25, 0.3) is 0 Å². The molecule has 116 valence electrons. The fraction of sp³-hybridized carbons (Fsp3) is 0.600. The Morgan fingerprint density at radius 2 is 2.14 bits per heavy atom. The molecule has 1 saturated heterocycles. The Balaban J connectivity index is 2.20. The Morgan fingerprint density at radius 3 is 2.76 bits per heavy atom. The minimum atomic E-state index is -0.364. The molecule has 1 amide bonds. The molecule has 4 N–H and O–H groups in total. The number of hydrogen-bond donors (Lipinski definition) is 2. The highest BCUT2D eigenvalue weighted by atomic mass is 16.5. The van der Waals surface area contributed by atoms with Crippen molar-refractivity contribution in [3.8, 4) is 5.88 Å². The van der Waals surface area contributed by atoms with Crippen LogP contribution in [-0.4, -0.2) is 29.6 Å². The van der Waals surface area contributed by atoms with Crippen molar-refractivity contribution in [1.82, 2.24) is 4.98 Å². The first-order valence-electron chi connectivity index (χ1n) is 7.26. The van der Waals surface area contributed by atoms with Gasteiger partial charge in [-0.1, -0.05) is 0 Å².